The van der Waals surface area contributed by atoms with Gasteiger partial charge in [-0.1, -0.05) is 43.2 Å². The second-order valence-corrected chi connectivity index (χ2v) is 6.03. The highest BCUT2D eigenvalue weighted by atomic mass is 16.1. The Kier molecular flexibility index (Phi) is 3.92. The van der Waals surface area contributed by atoms with Gasteiger partial charge in [0.1, 0.15) is 0 Å². The number of hydrogen-bond donors (Lipinski definition) is 0. The van der Waals surface area contributed by atoms with Gasteiger partial charge in [0, 0.05) is 11.4 Å². The molecule has 1 amide bonds. The van der Waals surface area contributed by atoms with Crippen molar-refractivity contribution in [2.24, 2.45) is 0 Å². The molecule has 0 saturated heterocycles. The van der Waals surface area contributed by atoms with Crippen LogP contribution in [0.3, 0.4) is 0 Å². The molecular formula is C18H21N3O. The fourth-order valence-electron chi connectivity index (χ4n) is 3.53. The molecule has 1 aliphatic carbocycles. The highest BCUT2D eigenvalue weighted by molar-refractivity contribution is 5.74. The largest absolute Gasteiger partial charge is 0.278 e. The second-order valence-electron chi connectivity index (χ2n) is 6.03. The Morgan fingerprint density at radius 2 is 1.64 bits per heavy atom. The van der Waals surface area contributed by atoms with Crippen LogP contribution in [0.2, 0.25) is 0 Å². The molecule has 4 heteroatoms. The standard InChI is InChI=1S/C18H21N3O/c1-14-12-15(2)20-17(19-14)21(13-22)18(10-6-7-11-18)16-8-4-3-5-9-16/h3-5,8-9,12-13H,6-7,10-11H2,1-2H3. The predicted molar refractivity (Wildman–Crippen MR) is 86.6 cm³/mol. The van der Waals surface area contributed by atoms with E-state index in [4.69, 9.17) is 0 Å². The first-order chi connectivity index (χ1) is 10.7. The average molecular weight is 295 g/mol. The molecule has 0 spiro atoms. The van der Waals surface area contributed by atoms with Crippen molar-refractivity contribution >= 4 is 12.4 Å². The summed E-state index contributed by atoms with van der Waals surface area (Å²) < 4.78 is 0. The van der Waals surface area contributed by atoms with Gasteiger partial charge in [0.15, 0.2) is 0 Å². The highest BCUT2D eigenvalue weighted by Gasteiger charge is 2.42. The van der Waals surface area contributed by atoms with Crippen LogP contribution in [0.5, 0.6) is 0 Å². The van der Waals surface area contributed by atoms with Gasteiger partial charge in [-0.15, -0.1) is 0 Å². The zero-order valence-electron chi connectivity index (χ0n) is 13.1. The summed E-state index contributed by atoms with van der Waals surface area (Å²) in [5, 5.41) is 0. The summed E-state index contributed by atoms with van der Waals surface area (Å²) in [6.45, 7) is 3.87. The van der Waals surface area contributed by atoms with Crippen molar-refractivity contribution in [1.29, 1.82) is 0 Å². The fourth-order valence-corrected chi connectivity index (χ4v) is 3.53. The molecule has 1 fully saturated rings. The van der Waals surface area contributed by atoms with E-state index in [1.807, 2.05) is 38.1 Å². The Hall–Kier alpha value is -2.23. The molecule has 3 rings (SSSR count). The molecule has 114 valence electrons. The predicted octanol–water partition coefficient (Wildman–Crippen LogP) is 3.53. The normalized spacial score (nSPS) is 16.5. The maximum atomic E-state index is 11.9. The summed E-state index contributed by atoms with van der Waals surface area (Å²) in [5.74, 6) is 0.512. The fraction of sp³-hybridized carbons (Fsp3) is 0.389. The average Bonchev–Trinajstić information content (AvgIpc) is 2.99. The number of aromatic nitrogens is 2. The molecule has 22 heavy (non-hydrogen) atoms. The lowest BCUT2D eigenvalue weighted by Crippen LogP contribution is -2.44. The Bertz CT molecular complexity index is 643. The summed E-state index contributed by atoms with van der Waals surface area (Å²) in [6.07, 6.45) is 5.03. The molecule has 1 aromatic carbocycles. The van der Waals surface area contributed by atoms with E-state index in [2.05, 4.69) is 22.1 Å². The zero-order valence-corrected chi connectivity index (χ0v) is 13.1. The molecule has 0 N–H and O–H groups in total. The smallest absolute Gasteiger partial charge is 0.233 e. The van der Waals surface area contributed by atoms with Crippen molar-refractivity contribution < 1.29 is 4.79 Å². The summed E-state index contributed by atoms with van der Waals surface area (Å²) in [5.41, 5.74) is 2.62. The molecule has 0 atom stereocenters. The van der Waals surface area contributed by atoms with Crippen LogP contribution in [-0.2, 0) is 10.3 Å². The van der Waals surface area contributed by atoms with E-state index in [1.165, 1.54) is 5.56 Å². The highest BCUT2D eigenvalue weighted by Crippen LogP contribution is 2.44. The maximum Gasteiger partial charge on any atom is 0.233 e. The molecule has 0 aliphatic heterocycles. The van der Waals surface area contributed by atoms with Crippen LogP contribution >= 0.6 is 0 Å². The lowest BCUT2D eigenvalue weighted by Gasteiger charge is -2.38. The van der Waals surface area contributed by atoms with Gasteiger partial charge in [-0.3, -0.25) is 9.69 Å². The molecule has 1 aliphatic rings. The molecule has 4 nitrogen and oxygen atoms in total. The molecule has 0 radical (unpaired) electrons. The summed E-state index contributed by atoms with van der Waals surface area (Å²) >= 11 is 0. The number of amides is 1. The van der Waals surface area contributed by atoms with E-state index in [0.717, 1.165) is 43.5 Å². The minimum absolute atomic E-state index is 0.316. The van der Waals surface area contributed by atoms with E-state index < -0.39 is 0 Å². The molecule has 1 aromatic heterocycles. The minimum Gasteiger partial charge on any atom is -0.278 e. The first-order valence-electron chi connectivity index (χ1n) is 7.78. The van der Waals surface area contributed by atoms with Crippen LogP contribution < -0.4 is 4.90 Å². The molecule has 1 heterocycles. The Morgan fingerprint density at radius 3 is 2.18 bits per heavy atom. The van der Waals surface area contributed by atoms with Gasteiger partial charge in [0.25, 0.3) is 0 Å². The first kappa shape index (κ1) is 14.7. The number of carbonyl (C=O) groups is 1. The number of carbonyl (C=O) groups excluding carboxylic acids is 1. The van der Waals surface area contributed by atoms with Crippen molar-refractivity contribution in [3.8, 4) is 0 Å². The van der Waals surface area contributed by atoms with E-state index in [0.29, 0.717) is 5.95 Å². The number of anilines is 1. The van der Waals surface area contributed by atoms with Crippen molar-refractivity contribution in [3.05, 3.63) is 53.3 Å². The zero-order chi connectivity index (χ0) is 15.6. The van der Waals surface area contributed by atoms with E-state index in [9.17, 15) is 4.79 Å². The van der Waals surface area contributed by atoms with Crippen molar-refractivity contribution in [2.75, 3.05) is 4.90 Å². The number of benzene rings is 1. The quantitative estimate of drug-likeness (QED) is 0.811. The maximum absolute atomic E-state index is 11.9. The van der Waals surface area contributed by atoms with E-state index in [-0.39, 0.29) is 5.54 Å². The van der Waals surface area contributed by atoms with Crippen molar-refractivity contribution in [1.82, 2.24) is 9.97 Å². The van der Waals surface area contributed by atoms with Crippen molar-refractivity contribution in [2.45, 2.75) is 45.1 Å². The van der Waals surface area contributed by atoms with Gasteiger partial charge in [0.2, 0.25) is 12.4 Å². The lowest BCUT2D eigenvalue weighted by molar-refractivity contribution is -0.108. The Labute approximate surface area is 131 Å². The molecule has 0 unspecified atom stereocenters. The topological polar surface area (TPSA) is 46.1 Å². The summed E-state index contributed by atoms with van der Waals surface area (Å²) in [7, 11) is 0. The number of hydrogen-bond acceptors (Lipinski definition) is 3. The molecule has 1 saturated carbocycles. The van der Waals surface area contributed by atoms with Crippen LogP contribution in [0, 0.1) is 13.8 Å². The van der Waals surface area contributed by atoms with Gasteiger partial charge >= 0.3 is 0 Å². The monoisotopic (exact) mass is 295 g/mol. The molecule has 0 bridgehead atoms. The van der Waals surface area contributed by atoms with Gasteiger partial charge in [-0.05, 0) is 38.3 Å². The number of rotatable bonds is 4. The third kappa shape index (κ3) is 2.49. The number of aryl methyl sites for hydroxylation is 2. The summed E-state index contributed by atoms with van der Waals surface area (Å²) in [6, 6.07) is 12.2. The molecule has 2 aromatic rings. The SMILES string of the molecule is Cc1cc(C)nc(N(C=O)C2(c3ccccc3)CCCC2)n1. The third-order valence-corrected chi connectivity index (χ3v) is 4.49. The van der Waals surface area contributed by atoms with E-state index >= 15 is 0 Å². The van der Waals surface area contributed by atoms with E-state index in [1.54, 1.807) is 4.90 Å². The Morgan fingerprint density at radius 1 is 1.05 bits per heavy atom. The Balaban J connectivity index is 2.11. The van der Waals surface area contributed by atoms with Gasteiger partial charge in [0.05, 0.1) is 5.54 Å². The first-order valence-corrected chi connectivity index (χ1v) is 7.78. The van der Waals surface area contributed by atoms with Crippen LogP contribution in [-0.4, -0.2) is 16.4 Å². The van der Waals surface area contributed by atoms with Crippen LogP contribution in [0.25, 0.3) is 0 Å². The van der Waals surface area contributed by atoms with Crippen LogP contribution in [0.1, 0.15) is 42.6 Å². The lowest BCUT2D eigenvalue weighted by atomic mass is 9.86. The van der Waals surface area contributed by atoms with Gasteiger partial charge < -0.3 is 0 Å². The summed E-state index contributed by atoms with van der Waals surface area (Å²) in [4.78, 5) is 22.7. The number of nitrogens with zero attached hydrogens (tertiary/aromatic N) is 3. The van der Waals surface area contributed by atoms with Crippen LogP contribution in [0.4, 0.5) is 5.95 Å². The second kappa shape index (κ2) is 5.87. The minimum atomic E-state index is -0.316. The van der Waals surface area contributed by atoms with Crippen LogP contribution in [0.15, 0.2) is 36.4 Å². The third-order valence-electron chi connectivity index (χ3n) is 4.49. The van der Waals surface area contributed by atoms with Gasteiger partial charge in [-0.25, -0.2) is 9.97 Å². The van der Waals surface area contributed by atoms with Crippen molar-refractivity contribution in [3.63, 3.8) is 0 Å². The molecular weight excluding hydrogens is 274 g/mol. The van der Waals surface area contributed by atoms with Gasteiger partial charge in [-0.2, -0.15) is 0 Å².